The molecule has 0 bridgehead atoms. The summed E-state index contributed by atoms with van der Waals surface area (Å²) in [7, 11) is 0. The van der Waals surface area contributed by atoms with Crippen molar-refractivity contribution in [2.24, 2.45) is 0 Å². The van der Waals surface area contributed by atoms with Gasteiger partial charge in [-0.15, -0.1) is 0 Å². The molecule has 102 valence electrons. The molecule has 0 saturated carbocycles. The molecule has 0 amide bonds. The molecule has 0 aliphatic rings. The minimum atomic E-state index is -0.433. The van der Waals surface area contributed by atoms with Crippen molar-refractivity contribution in [3.63, 3.8) is 0 Å². The van der Waals surface area contributed by atoms with Crippen molar-refractivity contribution >= 4 is 37.5 Å². The van der Waals surface area contributed by atoms with Gasteiger partial charge >= 0.3 is 0 Å². The highest BCUT2D eigenvalue weighted by Crippen LogP contribution is 2.30. The predicted octanol–water partition coefficient (Wildman–Crippen LogP) is 4.92. The third kappa shape index (κ3) is 2.45. The van der Waals surface area contributed by atoms with E-state index in [4.69, 9.17) is 4.74 Å². The molecule has 0 saturated heterocycles. The molecule has 0 unspecified atom stereocenters. The van der Waals surface area contributed by atoms with Crippen molar-refractivity contribution in [1.82, 2.24) is 9.38 Å². The van der Waals surface area contributed by atoms with E-state index in [1.54, 1.807) is 12.1 Å². The van der Waals surface area contributed by atoms with E-state index in [9.17, 15) is 4.39 Å². The molecule has 1 aromatic carbocycles. The topological polar surface area (TPSA) is 26.5 Å². The molecule has 6 heteroatoms. The number of imidazole rings is 1. The Balaban J connectivity index is 2.06. The zero-order valence-corrected chi connectivity index (χ0v) is 13.4. The molecule has 0 atom stereocenters. The summed E-state index contributed by atoms with van der Waals surface area (Å²) in [5.74, 6) is 0.116. The summed E-state index contributed by atoms with van der Waals surface area (Å²) >= 11 is 6.63. The number of pyridine rings is 1. The van der Waals surface area contributed by atoms with Gasteiger partial charge in [0.2, 0.25) is 5.88 Å². The van der Waals surface area contributed by atoms with E-state index in [-0.39, 0.29) is 5.75 Å². The fourth-order valence-electron chi connectivity index (χ4n) is 1.89. The van der Waals surface area contributed by atoms with Gasteiger partial charge in [-0.2, -0.15) is 4.98 Å². The highest BCUT2D eigenvalue weighted by atomic mass is 79.9. The lowest BCUT2D eigenvalue weighted by atomic mass is 10.3. The number of hydrogen-bond acceptors (Lipinski definition) is 2. The fourth-order valence-corrected chi connectivity index (χ4v) is 2.73. The molecule has 0 fully saturated rings. The van der Waals surface area contributed by atoms with Crippen LogP contribution in [0.4, 0.5) is 4.39 Å². The van der Waals surface area contributed by atoms with Crippen LogP contribution in [0.25, 0.3) is 5.65 Å². The average Bonchev–Trinajstić information content (AvgIpc) is 2.79. The first-order chi connectivity index (χ1) is 9.69. The van der Waals surface area contributed by atoms with E-state index in [0.717, 1.165) is 11.3 Å². The maximum atomic E-state index is 13.8. The van der Waals surface area contributed by atoms with Crippen LogP contribution in [0.1, 0.15) is 5.69 Å². The van der Waals surface area contributed by atoms with Crippen molar-refractivity contribution in [2.75, 3.05) is 0 Å². The van der Waals surface area contributed by atoms with Crippen LogP contribution in [-0.2, 0) is 5.33 Å². The average molecular weight is 400 g/mol. The van der Waals surface area contributed by atoms with Gasteiger partial charge in [0.1, 0.15) is 5.65 Å². The number of hydrogen-bond donors (Lipinski definition) is 0. The molecule has 0 radical (unpaired) electrons. The maximum absolute atomic E-state index is 13.8. The number of nitrogens with zero attached hydrogens (tertiary/aromatic N) is 2. The van der Waals surface area contributed by atoms with Crippen molar-refractivity contribution in [3.05, 3.63) is 58.6 Å². The molecule has 0 N–H and O–H groups in total. The number of alkyl halides is 1. The molecule has 3 nitrogen and oxygen atoms in total. The van der Waals surface area contributed by atoms with Crippen molar-refractivity contribution in [2.45, 2.75) is 5.33 Å². The second-order valence-electron chi connectivity index (χ2n) is 4.10. The Hall–Kier alpha value is -1.40. The standard InChI is InChI=1S/C14H9Br2FN2O/c15-8-11-14(18-13-3-1-2-6-19(11)13)20-12-5-4-9(16)7-10(12)17/h1-7H,8H2. The van der Waals surface area contributed by atoms with Crippen LogP contribution < -0.4 is 4.74 Å². The van der Waals surface area contributed by atoms with Gasteiger partial charge in [0.15, 0.2) is 11.6 Å². The van der Waals surface area contributed by atoms with Crippen LogP contribution >= 0.6 is 31.9 Å². The number of benzene rings is 1. The summed E-state index contributed by atoms with van der Waals surface area (Å²) in [6.45, 7) is 0. The summed E-state index contributed by atoms with van der Waals surface area (Å²) in [6, 6.07) is 10.3. The van der Waals surface area contributed by atoms with E-state index in [0.29, 0.717) is 15.7 Å². The predicted molar refractivity (Wildman–Crippen MR) is 82.0 cm³/mol. The highest BCUT2D eigenvalue weighted by Gasteiger charge is 2.14. The van der Waals surface area contributed by atoms with Gasteiger partial charge in [-0.25, -0.2) is 4.39 Å². The first-order valence-electron chi connectivity index (χ1n) is 5.84. The van der Waals surface area contributed by atoms with Crippen LogP contribution in [0, 0.1) is 5.82 Å². The molecule has 3 rings (SSSR count). The largest absolute Gasteiger partial charge is 0.434 e. The lowest BCUT2D eigenvalue weighted by Gasteiger charge is -2.05. The molecule has 2 heterocycles. The van der Waals surface area contributed by atoms with Gasteiger partial charge in [-0.1, -0.05) is 37.9 Å². The van der Waals surface area contributed by atoms with Crippen LogP contribution in [0.2, 0.25) is 0 Å². The van der Waals surface area contributed by atoms with E-state index in [2.05, 4.69) is 36.8 Å². The third-order valence-electron chi connectivity index (χ3n) is 2.82. The number of aromatic nitrogens is 2. The van der Waals surface area contributed by atoms with E-state index in [1.165, 1.54) is 6.07 Å². The minimum absolute atomic E-state index is 0.152. The zero-order valence-electron chi connectivity index (χ0n) is 10.2. The first kappa shape index (κ1) is 13.6. The van der Waals surface area contributed by atoms with Crippen molar-refractivity contribution in [3.8, 4) is 11.6 Å². The van der Waals surface area contributed by atoms with Crippen molar-refractivity contribution < 1.29 is 9.13 Å². The summed E-state index contributed by atoms with van der Waals surface area (Å²) in [5.41, 5.74) is 1.59. The quantitative estimate of drug-likeness (QED) is 0.584. The Morgan fingerprint density at radius 3 is 2.85 bits per heavy atom. The third-order valence-corrected chi connectivity index (χ3v) is 3.84. The van der Waals surface area contributed by atoms with Crippen LogP contribution in [-0.4, -0.2) is 9.38 Å². The lowest BCUT2D eigenvalue weighted by molar-refractivity contribution is 0.426. The number of halogens is 3. The van der Waals surface area contributed by atoms with Gasteiger partial charge in [-0.05, 0) is 30.3 Å². The van der Waals surface area contributed by atoms with E-state index >= 15 is 0 Å². The Kier molecular flexibility index (Phi) is 3.76. The van der Waals surface area contributed by atoms with Crippen molar-refractivity contribution in [1.29, 1.82) is 0 Å². The number of fused-ring (bicyclic) bond motifs is 1. The molecule has 3 aromatic rings. The second kappa shape index (κ2) is 5.54. The van der Waals surface area contributed by atoms with Gasteiger partial charge in [-0.3, -0.25) is 4.40 Å². The molecule has 2 aromatic heterocycles. The molecule has 0 aliphatic heterocycles. The maximum Gasteiger partial charge on any atom is 0.242 e. The molecule has 20 heavy (non-hydrogen) atoms. The molecular weight excluding hydrogens is 391 g/mol. The fraction of sp³-hybridized carbons (Fsp3) is 0.0714. The first-order valence-corrected chi connectivity index (χ1v) is 7.75. The van der Waals surface area contributed by atoms with Crippen LogP contribution in [0.5, 0.6) is 11.6 Å². The van der Waals surface area contributed by atoms with Crippen LogP contribution in [0.3, 0.4) is 0 Å². The summed E-state index contributed by atoms with van der Waals surface area (Å²) in [4.78, 5) is 4.37. The monoisotopic (exact) mass is 398 g/mol. The molecule has 0 aliphatic carbocycles. The zero-order chi connectivity index (χ0) is 14.1. The summed E-state index contributed by atoms with van der Waals surface area (Å²) in [6.07, 6.45) is 1.89. The normalized spacial score (nSPS) is 10.9. The Morgan fingerprint density at radius 1 is 1.25 bits per heavy atom. The van der Waals surface area contributed by atoms with E-state index < -0.39 is 5.82 Å². The number of rotatable bonds is 3. The van der Waals surface area contributed by atoms with Crippen LogP contribution in [0.15, 0.2) is 47.1 Å². The summed E-state index contributed by atoms with van der Waals surface area (Å²) < 4.78 is 22.0. The Labute approximate surface area is 131 Å². The van der Waals surface area contributed by atoms with Gasteiger partial charge < -0.3 is 4.74 Å². The van der Waals surface area contributed by atoms with Gasteiger partial charge in [0.05, 0.1) is 5.69 Å². The lowest BCUT2D eigenvalue weighted by Crippen LogP contribution is -1.93. The van der Waals surface area contributed by atoms with Gasteiger partial charge in [0.25, 0.3) is 0 Å². The highest BCUT2D eigenvalue weighted by molar-refractivity contribution is 9.10. The molecular formula is C14H9Br2FN2O. The van der Waals surface area contributed by atoms with E-state index in [1.807, 2.05) is 28.8 Å². The van der Waals surface area contributed by atoms with Gasteiger partial charge in [0, 0.05) is 16.0 Å². The second-order valence-corrected chi connectivity index (χ2v) is 5.58. The molecule has 0 spiro atoms. The SMILES string of the molecule is Fc1cc(Br)ccc1Oc1nc2ccccn2c1CBr. The smallest absolute Gasteiger partial charge is 0.242 e. The summed E-state index contributed by atoms with van der Waals surface area (Å²) in [5, 5.41) is 0.561. The Morgan fingerprint density at radius 2 is 2.10 bits per heavy atom. The Bertz CT molecular complexity index is 773. The number of ether oxygens (including phenoxy) is 1. The minimum Gasteiger partial charge on any atom is -0.434 e.